The topological polar surface area (TPSA) is 65.5 Å². The van der Waals surface area contributed by atoms with Crippen LogP contribution < -0.4 is 5.32 Å². The highest BCUT2D eigenvalue weighted by atomic mass is 16.4. The van der Waals surface area contributed by atoms with Crippen molar-refractivity contribution in [2.24, 2.45) is 0 Å². The Hall–Kier alpha value is -1.62. The predicted octanol–water partition coefficient (Wildman–Crippen LogP) is 2.63. The van der Waals surface area contributed by atoms with Crippen LogP contribution in [-0.4, -0.2) is 46.6 Å². The van der Waals surface area contributed by atoms with Crippen molar-refractivity contribution in [2.45, 2.75) is 45.6 Å². The van der Waals surface area contributed by atoms with E-state index in [1.807, 2.05) is 6.92 Å². The lowest BCUT2D eigenvalue weighted by Crippen LogP contribution is -2.41. The van der Waals surface area contributed by atoms with E-state index in [-0.39, 0.29) is 0 Å². The van der Waals surface area contributed by atoms with Gasteiger partial charge in [0.15, 0.2) is 0 Å². The molecule has 0 aliphatic carbocycles. The van der Waals surface area contributed by atoms with Gasteiger partial charge >= 0.3 is 5.97 Å². The number of hydrogen-bond donors (Lipinski definition) is 2. The van der Waals surface area contributed by atoms with Crippen molar-refractivity contribution in [3.05, 3.63) is 23.4 Å². The van der Waals surface area contributed by atoms with Crippen LogP contribution >= 0.6 is 0 Å². The van der Waals surface area contributed by atoms with Crippen LogP contribution in [0.15, 0.2) is 12.1 Å². The van der Waals surface area contributed by atoms with Gasteiger partial charge < -0.3 is 10.4 Å². The summed E-state index contributed by atoms with van der Waals surface area (Å²) in [5, 5.41) is 12.4. The maximum atomic E-state index is 11.1. The summed E-state index contributed by atoms with van der Waals surface area (Å²) in [5.41, 5.74) is 1.11. The highest BCUT2D eigenvalue weighted by molar-refractivity contribution is 5.88. The summed E-state index contributed by atoms with van der Waals surface area (Å²) < 4.78 is 0. The van der Waals surface area contributed by atoms with E-state index < -0.39 is 5.97 Å². The van der Waals surface area contributed by atoms with Crippen LogP contribution in [0.3, 0.4) is 0 Å². The Labute approximate surface area is 126 Å². The number of nitrogens with zero attached hydrogens (tertiary/aromatic N) is 2. The van der Waals surface area contributed by atoms with E-state index >= 15 is 0 Å². The van der Waals surface area contributed by atoms with Crippen molar-refractivity contribution in [2.75, 3.05) is 25.0 Å². The van der Waals surface area contributed by atoms with Crippen LogP contribution in [0.4, 0.5) is 5.82 Å². The van der Waals surface area contributed by atoms with Crippen molar-refractivity contribution < 1.29 is 9.90 Å². The number of piperidine rings is 1. The summed E-state index contributed by atoms with van der Waals surface area (Å²) in [7, 11) is 0. The second-order valence-electron chi connectivity index (χ2n) is 5.72. The molecular weight excluding hydrogens is 266 g/mol. The highest BCUT2D eigenvalue weighted by Crippen LogP contribution is 2.14. The number of pyridine rings is 1. The number of carboxylic acid groups (broad SMARTS) is 1. The number of carboxylic acids is 1. The van der Waals surface area contributed by atoms with E-state index in [9.17, 15) is 4.79 Å². The van der Waals surface area contributed by atoms with Crippen molar-refractivity contribution in [1.29, 1.82) is 0 Å². The Morgan fingerprint density at radius 3 is 2.71 bits per heavy atom. The fraction of sp³-hybridized carbons (Fsp3) is 0.625. The molecule has 2 N–H and O–H groups in total. The van der Waals surface area contributed by atoms with E-state index in [1.54, 1.807) is 12.1 Å². The molecule has 1 fully saturated rings. The normalized spacial score (nSPS) is 17.4. The third kappa shape index (κ3) is 4.43. The van der Waals surface area contributed by atoms with E-state index in [2.05, 4.69) is 22.1 Å². The molecule has 21 heavy (non-hydrogen) atoms. The minimum Gasteiger partial charge on any atom is -0.478 e. The van der Waals surface area contributed by atoms with Gasteiger partial charge in [-0.1, -0.05) is 13.3 Å². The molecule has 0 radical (unpaired) electrons. The molecule has 0 spiro atoms. The molecule has 1 aromatic rings. The average Bonchev–Trinajstić information content (AvgIpc) is 2.53. The van der Waals surface area contributed by atoms with Gasteiger partial charge in [0.1, 0.15) is 5.82 Å². The van der Waals surface area contributed by atoms with Crippen LogP contribution in [0.1, 0.15) is 49.2 Å². The summed E-state index contributed by atoms with van der Waals surface area (Å²) in [5.74, 6) is -0.241. The van der Waals surface area contributed by atoms with E-state index in [0.717, 1.165) is 31.7 Å². The van der Waals surface area contributed by atoms with E-state index in [1.165, 1.54) is 19.3 Å². The minimum atomic E-state index is -0.903. The van der Waals surface area contributed by atoms with Gasteiger partial charge in [0, 0.05) is 18.3 Å². The van der Waals surface area contributed by atoms with E-state index in [4.69, 9.17) is 5.11 Å². The minimum absolute atomic E-state index is 0.301. The molecule has 2 rings (SSSR count). The highest BCUT2D eigenvalue weighted by Gasteiger charge is 2.16. The Morgan fingerprint density at radius 2 is 2.10 bits per heavy atom. The third-order valence-electron chi connectivity index (χ3n) is 4.08. The quantitative estimate of drug-likeness (QED) is 0.843. The molecule has 0 aromatic carbocycles. The zero-order valence-corrected chi connectivity index (χ0v) is 12.9. The number of nitrogens with one attached hydrogen (secondary N) is 1. The summed E-state index contributed by atoms with van der Waals surface area (Å²) in [4.78, 5) is 18.1. The number of aromatic carboxylic acids is 1. The van der Waals surface area contributed by atoms with E-state index in [0.29, 0.717) is 17.4 Å². The number of aryl methyl sites for hydroxylation is 1. The summed E-state index contributed by atoms with van der Waals surface area (Å²) >= 11 is 0. The Bertz CT molecular complexity index is 484. The number of hydrogen-bond acceptors (Lipinski definition) is 4. The first-order valence-corrected chi connectivity index (χ1v) is 7.82. The molecule has 1 unspecified atom stereocenters. The lowest BCUT2D eigenvalue weighted by molar-refractivity contribution is 0.0696. The summed E-state index contributed by atoms with van der Waals surface area (Å²) in [6.07, 6.45) is 4.62. The molecule has 1 aromatic heterocycles. The summed E-state index contributed by atoms with van der Waals surface area (Å²) in [6, 6.07) is 3.69. The largest absolute Gasteiger partial charge is 0.478 e. The van der Waals surface area contributed by atoms with Crippen LogP contribution in [0.5, 0.6) is 0 Å². The maximum Gasteiger partial charge on any atom is 0.335 e. The van der Waals surface area contributed by atoms with Gasteiger partial charge in [-0.2, -0.15) is 0 Å². The molecule has 1 saturated heterocycles. The van der Waals surface area contributed by atoms with Gasteiger partial charge in [-0.3, -0.25) is 4.90 Å². The fourth-order valence-corrected chi connectivity index (χ4v) is 2.72. The van der Waals surface area contributed by atoms with Crippen LogP contribution in [-0.2, 0) is 6.42 Å². The second-order valence-corrected chi connectivity index (χ2v) is 5.72. The van der Waals surface area contributed by atoms with Gasteiger partial charge in [-0.15, -0.1) is 0 Å². The third-order valence-corrected chi connectivity index (χ3v) is 4.08. The average molecular weight is 291 g/mol. The molecule has 116 valence electrons. The van der Waals surface area contributed by atoms with Gasteiger partial charge in [0.25, 0.3) is 0 Å². The zero-order chi connectivity index (χ0) is 15.2. The molecule has 1 atom stereocenters. The number of rotatable bonds is 6. The molecule has 1 aliphatic heterocycles. The Balaban J connectivity index is 1.98. The van der Waals surface area contributed by atoms with Crippen molar-refractivity contribution in [3.63, 3.8) is 0 Å². The molecule has 0 amide bonds. The Morgan fingerprint density at radius 1 is 1.38 bits per heavy atom. The van der Waals surface area contributed by atoms with Crippen molar-refractivity contribution >= 4 is 11.8 Å². The molecular formula is C16H25N3O2. The second kappa shape index (κ2) is 7.41. The molecule has 2 heterocycles. The SMILES string of the molecule is CCc1cc(C(=O)O)cc(NCC(C)N2CCCCC2)n1. The maximum absolute atomic E-state index is 11.1. The molecule has 5 heteroatoms. The standard InChI is InChI=1S/C16H25N3O2/c1-3-14-9-13(16(20)21)10-15(18-14)17-11-12(2)19-7-5-4-6-8-19/h9-10,12H,3-8,11H2,1-2H3,(H,17,18)(H,20,21). The number of aromatic nitrogens is 1. The first-order valence-electron chi connectivity index (χ1n) is 7.82. The number of anilines is 1. The molecule has 5 nitrogen and oxygen atoms in total. The van der Waals surface area contributed by atoms with Crippen LogP contribution in [0.25, 0.3) is 0 Å². The van der Waals surface area contributed by atoms with Crippen LogP contribution in [0, 0.1) is 0 Å². The number of likely N-dealkylation sites (tertiary alicyclic amines) is 1. The zero-order valence-electron chi connectivity index (χ0n) is 12.9. The van der Waals surface area contributed by atoms with Gasteiger partial charge in [-0.25, -0.2) is 9.78 Å². The molecule has 0 bridgehead atoms. The lowest BCUT2D eigenvalue weighted by atomic mass is 10.1. The van der Waals surface area contributed by atoms with Gasteiger partial charge in [0.05, 0.1) is 5.56 Å². The first-order chi connectivity index (χ1) is 10.1. The van der Waals surface area contributed by atoms with Crippen molar-refractivity contribution in [1.82, 2.24) is 9.88 Å². The number of carbonyl (C=O) groups is 1. The smallest absolute Gasteiger partial charge is 0.335 e. The summed E-state index contributed by atoms with van der Waals surface area (Å²) in [6.45, 7) is 7.30. The van der Waals surface area contributed by atoms with Gasteiger partial charge in [0.2, 0.25) is 0 Å². The van der Waals surface area contributed by atoms with Crippen LogP contribution in [0.2, 0.25) is 0 Å². The molecule has 1 aliphatic rings. The monoisotopic (exact) mass is 291 g/mol. The Kier molecular flexibility index (Phi) is 5.56. The fourth-order valence-electron chi connectivity index (χ4n) is 2.72. The predicted molar refractivity (Wildman–Crippen MR) is 84.0 cm³/mol. The van der Waals surface area contributed by atoms with Gasteiger partial charge in [-0.05, 0) is 51.4 Å². The van der Waals surface area contributed by atoms with Crippen molar-refractivity contribution in [3.8, 4) is 0 Å². The molecule has 0 saturated carbocycles. The first kappa shape index (κ1) is 15.8. The lowest BCUT2D eigenvalue weighted by Gasteiger charge is -2.32.